The van der Waals surface area contributed by atoms with Gasteiger partial charge in [-0.05, 0) is 59.9 Å². The van der Waals surface area contributed by atoms with Gasteiger partial charge in [-0.25, -0.2) is 10.1 Å². The number of anilines is 1. The molecular weight excluding hydrogens is 476 g/mol. The van der Waals surface area contributed by atoms with Gasteiger partial charge >= 0.3 is 0 Å². The summed E-state index contributed by atoms with van der Waals surface area (Å²) in [5, 5.41) is 20.3. The number of benzene rings is 2. The number of aromatic nitrogens is 5. The second-order valence-electron chi connectivity index (χ2n) is 7.29. The minimum absolute atomic E-state index is 0.0318. The number of hydrogen-bond donors (Lipinski definition) is 2. The quantitative estimate of drug-likeness (QED) is 0.202. The molecule has 1 amide bonds. The van der Waals surface area contributed by atoms with Gasteiger partial charge in [-0.1, -0.05) is 47.1 Å². The molecule has 0 radical (unpaired) electrons. The lowest BCUT2D eigenvalue weighted by Gasteiger charge is -2.06. The highest BCUT2D eigenvalue weighted by atomic mass is 35.5. The van der Waals surface area contributed by atoms with Crippen LogP contribution in [-0.4, -0.2) is 36.9 Å². The van der Waals surface area contributed by atoms with Gasteiger partial charge in [0.2, 0.25) is 11.6 Å². The predicted molar refractivity (Wildman–Crippen MR) is 130 cm³/mol. The molecule has 0 unspecified atom stereocenters. The molecule has 0 spiro atoms. The molecule has 0 aliphatic rings. The van der Waals surface area contributed by atoms with E-state index in [0.29, 0.717) is 22.9 Å². The Morgan fingerprint density at radius 1 is 1.18 bits per heavy atom. The summed E-state index contributed by atoms with van der Waals surface area (Å²) in [7, 11) is 0. The number of carbonyl (C=O) groups is 1. The Bertz CT molecular complexity index is 1290. The summed E-state index contributed by atoms with van der Waals surface area (Å²) in [6.07, 6.45) is 1.53. The van der Waals surface area contributed by atoms with Crippen LogP contribution in [0, 0.1) is 0 Å². The number of aryl methyl sites for hydroxylation is 1. The Hall–Kier alpha value is -3.70. The fourth-order valence-electron chi connectivity index (χ4n) is 3.02. The topological polar surface area (TPSA) is 137 Å². The summed E-state index contributed by atoms with van der Waals surface area (Å²) in [6, 6.07) is 17.4. The fraction of sp³-hybridized carbons (Fsp3) is 0.182. The molecule has 0 saturated heterocycles. The minimum Gasteiger partial charge on any atom is -0.378 e. The zero-order valence-corrected chi connectivity index (χ0v) is 19.8. The lowest BCUT2D eigenvalue weighted by Crippen LogP contribution is -2.21. The summed E-state index contributed by atoms with van der Waals surface area (Å²) in [6.45, 7) is 1.86. The van der Waals surface area contributed by atoms with Crippen LogP contribution < -0.4 is 11.2 Å². The van der Waals surface area contributed by atoms with Gasteiger partial charge in [0.05, 0.1) is 5.69 Å². The molecule has 4 aromatic rings. The van der Waals surface area contributed by atoms with Crippen molar-refractivity contribution in [1.29, 1.82) is 0 Å². The zero-order chi connectivity index (χ0) is 23.9. The first-order chi connectivity index (χ1) is 16.5. The van der Waals surface area contributed by atoms with Crippen LogP contribution in [0.2, 0.25) is 5.02 Å². The third kappa shape index (κ3) is 5.80. The molecule has 2 heterocycles. The third-order valence-corrected chi connectivity index (χ3v) is 6.11. The summed E-state index contributed by atoms with van der Waals surface area (Å²) < 4.78 is 6.03. The second kappa shape index (κ2) is 10.9. The van der Waals surface area contributed by atoms with Gasteiger partial charge in [-0.15, -0.1) is 16.9 Å². The van der Waals surface area contributed by atoms with E-state index in [0.717, 1.165) is 17.0 Å². The van der Waals surface area contributed by atoms with Gasteiger partial charge in [0.25, 0.3) is 5.91 Å². The number of amides is 1. The van der Waals surface area contributed by atoms with E-state index in [9.17, 15) is 4.79 Å². The molecule has 12 heteroatoms. The molecule has 4 rings (SSSR count). The summed E-state index contributed by atoms with van der Waals surface area (Å²) in [4.78, 5) is 13.9. The van der Waals surface area contributed by atoms with Crippen LogP contribution in [0.4, 0.5) is 5.82 Å². The normalized spacial score (nSPS) is 11.5. The Labute approximate surface area is 204 Å². The Balaban J connectivity index is 1.50. The standard InChI is InChI=1S/C22H21ClN8O2S/c1-14(7-8-15-5-3-2-4-6-15)25-27-22(32)19-18(13-34-17-11-9-16(23)10-12-17)31(30-26-19)21-20(24)28-33-29-21/h2-6,9-12H,7-8,13H2,1H3,(H2,24,28)(H,27,32)/b25-14+. The molecule has 0 aliphatic heterocycles. The Morgan fingerprint density at radius 3 is 2.65 bits per heavy atom. The molecule has 0 atom stereocenters. The van der Waals surface area contributed by atoms with Crippen molar-refractivity contribution in [1.82, 2.24) is 30.7 Å². The van der Waals surface area contributed by atoms with Crippen LogP contribution in [0.25, 0.3) is 5.82 Å². The second-order valence-corrected chi connectivity index (χ2v) is 8.77. The van der Waals surface area contributed by atoms with Crippen LogP contribution in [-0.2, 0) is 12.2 Å². The Morgan fingerprint density at radius 2 is 1.94 bits per heavy atom. The molecule has 2 aromatic heterocycles. The first-order valence-electron chi connectivity index (χ1n) is 10.3. The molecule has 0 aliphatic carbocycles. The van der Waals surface area contributed by atoms with Gasteiger partial charge < -0.3 is 5.73 Å². The number of nitrogens with zero attached hydrogens (tertiary/aromatic N) is 6. The smallest absolute Gasteiger partial charge is 0.293 e. The summed E-state index contributed by atoms with van der Waals surface area (Å²) >= 11 is 7.44. The van der Waals surface area contributed by atoms with Crippen molar-refractivity contribution in [2.45, 2.75) is 30.4 Å². The molecule has 10 nitrogen and oxygen atoms in total. The molecule has 0 bridgehead atoms. The fourth-order valence-corrected chi connectivity index (χ4v) is 4.04. The average Bonchev–Trinajstić information content (AvgIpc) is 3.47. The van der Waals surface area contributed by atoms with Crippen molar-refractivity contribution in [3.63, 3.8) is 0 Å². The highest BCUT2D eigenvalue weighted by Gasteiger charge is 2.24. The Kier molecular flexibility index (Phi) is 7.55. The van der Waals surface area contributed by atoms with Gasteiger partial charge in [-0.2, -0.15) is 9.78 Å². The highest BCUT2D eigenvalue weighted by molar-refractivity contribution is 7.98. The van der Waals surface area contributed by atoms with E-state index in [-0.39, 0.29) is 17.3 Å². The van der Waals surface area contributed by atoms with Gasteiger partial charge in [0.1, 0.15) is 0 Å². The van der Waals surface area contributed by atoms with E-state index in [1.807, 2.05) is 37.3 Å². The van der Waals surface area contributed by atoms with Crippen molar-refractivity contribution in [3.8, 4) is 5.82 Å². The number of thioether (sulfide) groups is 1. The number of nitrogens with two attached hydrogens (primary N) is 1. The van der Waals surface area contributed by atoms with Crippen molar-refractivity contribution < 1.29 is 9.42 Å². The largest absolute Gasteiger partial charge is 0.378 e. The molecule has 2 aromatic carbocycles. The van der Waals surface area contributed by atoms with E-state index in [4.69, 9.17) is 17.3 Å². The van der Waals surface area contributed by atoms with Crippen molar-refractivity contribution in [2.75, 3.05) is 5.73 Å². The zero-order valence-electron chi connectivity index (χ0n) is 18.2. The van der Waals surface area contributed by atoms with Crippen molar-refractivity contribution in [2.24, 2.45) is 5.10 Å². The maximum Gasteiger partial charge on any atom is 0.293 e. The van der Waals surface area contributed by atoms with E-state index in [1.54, 1.807) is 12.1 Å². The molecule has 34 heavy (non-hydrogen) atoms. The first-order valence-corrected chi connectivity index (χ1v) is 11.7. The number of hydrogen-bond acceptors (Lipinski definition) is 9. The SMILES string of the molecule is C/C(CCc1ccccc1)=N\NC(=O)c1nnn(-c2nonc2N)c1CSc1ccc(Cl)cc1. The molecular formula is C22H21ClN8O2S. The van der Waals surface area contributed by atoms with Crippen LogP contribution in [0.15, 0.2) is 69.2 Å². The number of rotatable bonds is 9. The molecule has 0 fully saturated rings. The summed E-state index contributed by atoms with van der Waals surface area (Å²) in [5.74, 6) is 0.0395. The molecule has 3 N–H and O–H groups in total. The van der Waals surface area contributed by atoms with Gasteiger partial charge in [-0.3, -0.25) is 4.79 Å². The van der Waals surface area contributed by atoms with E-state index in [1.165, 1.54) is 22.0 Å². The average molecular weight is 497 g/mol. The van der Waals surface area contributed by atoms with Crippen molar-refractivity contribution in [3.05, 3.63) is 76.6 Å². The third-order valence-electron chi connectivity index (χ3n) is 4.83. The van der Waals surface area contributed by atoms with Gasteiger partial charge in [0, 0.05) is 21.4 Å². The van der Waals surface area contributed by atoms with E-state index in [2.05, 4.69) is 47.9 Å². The van der Waals surface area contributed by atoms with E-state index >= 15 is 0 Å². The minimum atomic E-state index is -0.493. The van der Waals surface area contributed by atoms with Gasteiger partial charge in [0.15, 0.2) is 5.69 Å². The maximum absolute atomic E-state index is 12.9. The van der Waals surface area contributed by atoms with Crippen LogP contribution in [0.5, 0.6) is 0 Å². The predicted octanol–water partition coefficient (Wildman–Crippen LogP) is 3.92. The lowest BCUT2D eigenvalue weighted by molar-refractivity contribution is 0.0949. The van der Waals surface area contributed by atoms with Crippen LogP contribution in [0.3, 0.4) is 0 Å². The highest BCUT2D eigenvalue weighted by Crippen LogP contribution is 2.27. The molecule has 174 valence electrons. The first kappa shape index (κ1) is 23.5. The van der Waals surface area contributed by atoms with Crippen LogP contribution in [0.1, 0.15) is 35.1 Å². The lowest BCUT2D eigenvalue weighted by atomic mass is 10.1. The van der Waals surface area contributed by atoms with Crippen molar-refractivity contribution >= 4 is 40.8 Å². The van der Waals surface area contributed by atoms with Crippen LogP contribution >= 0.6 is 23.4 Å². The summed E-state index contributed by atoms with van der Waals surface area (Å²) in [5.41, 5.74) is 11.0. The number of halogens is 1. The monoisotopic (exact) mass is 496 g/mol. The number of nitrogens with one attached hydrogen (secondary N) is 1. The van der Waals surface area contributed by atoms with E-state index < -0.39 is 5.91 Å². The number of carbonyl (C=O) groups excluding carboxylic acids is 1. The maximum atomic E-state index is 12.9. The number of hydrazone groups is 1. The number of nitrogen functional groups attached to an aromatic ring is 1. The molecule has 0 saturated carbocycles.